The lowest BCUT2D eigenvalue weighted by molar-refractivity contribution is 0.646. The first-order valence-electron chi connectivity index (χ1n) is 6.45. The molecule has 2 N–H and O–H groups in total. The first kappa shape index (κ1) is 14.4. The monoisotopic (exact) mass is 291 g/mol. The van der Waals surface area contributed by atoms with E-state index in [2.05, 4.69) is 31.2 Å². The van der Waals surface area contributed by atoms with E-state index in [1.807, 2.05) is 24.3 Å². The van der Waals surface area contributed by atoms with Crippen LogP contribution in [0.3, 0.4) is 0 Å². The maximum atomic E-state index is 5.96. The summed E-state index contributed by atoms with van der Waals surface area (Å²) in [5, 5.41) is 0.772. The first-order chi connectivity index (χ1) is 9.17. The smallest absolute Gasteiger partial charge is 0.0406 e. The van der Waals surface area contributed by atoms with E-state index in [0.29, 0.717) is 0 Å². The minimum absolute atomic E-state index is 0.259. The lowest BCUT2D eigenvalue weighted by Gasteiger charge is -2.09. The minimum atomic E-state index is 0.259. The van der Waals surface area contributed by atoms with Crippen LogP contribution in [-0.4, -0.2) is 6.04 Å². The van der Waals surface area contributed by atoms with Gasteiger partial charge in [-0.3, -0.25) is 0 Å². The van der Waals surface area contributed by atoms with Crippen LogP contribution in [0.5, 0.6) is 0 Å². The van der Waals surface area contributed by atoms with E-state index in [9.17, 15) is 0 Å². The number of benzene rings is 2. The van der Waals surface area contributed by atoms with Crippen LogP contribution in [0.1, 0.15) is 18.9 Å². The summed E-state index contributed by atoms with van der Waals surface area (Å²) in [6.45, 7) is 2.12. The van der Waals surface area contributed by atoms with Crippen LogP contribution in [0.25, 0.3) is 0 Å². The Bertz CT molecular complexity index is 507. The van der Waals surface area contributed by atoms with Crippen LogP contribution >= 0.6 is 23.4 Å². The zero-order chi connectivity index (χ0) is 13.7. The zero-order valence-electron chi connectivity index (χ0n) is 11.0. The molecule has 0 spiro atoms. The van der Waals surface area contributed by atoms with Gasteiger partial charge in [-0.1, -0.05) is 42.4 Å². The molecule has 0 saturated heterocycles. The van der Waals surface area contributed by atoms with Crippen molar-refractivity contribution in [2.75, 3.05) is 0 Å². The Balaban J connectivity index is 2.00. The number of halogens is 1. The standard InChI is InChI=1S/C16H18ClNS/c1-2-14(18)11-12-3-7-15(8-4-12)19-16-9-5-13(17)6-10-16/h3-10,14H,2,11,18H2,1H3. The van der Waals surface area contributed by atoms with E-state index in [0.717, 1.165) is 17.9 Å². The molecule has 3 heteroatoms. The van der Waals surface area contributed by atoms with Gasteiger partial charge in [-0.15, -0.1) is 0 Å². The molecule has 0 amide bonds. The molecule has 0 aromatic heterocycles. The highest BCUT2D eigenvalue weighted by Gasteiger charge is 2.02. The predicted molar refractivity (Wildman–Crippen MR) is 84.0 cm³/mol. The van der Waals surface area contributed by atoms with Crippen molar-refractivity contribution in [2.45, 2.75) is 35.6 Å². The van der Waals surface area contributed by atoms with Gasteiger partial charge in [0.1, 0.15) is 0 Å². The molecule has 0 fully saturated rings. The molecular formula is C16H18ClNS. The summed E-state index contributed by atoms with van der Waals surface area (Å²) in [5.74, 6) is 0. The van der Waals surface area contributed by atoms with Crippen molar-refractivity contribution in [3.05, 3.63) is 59.1 Å². The van der Waals surface area contributed by atoms with Gasteiger partial charge in [0.05, 0.1) is 0 Å². The first-order valence-corrected chi connectivity index (χ1v) is 7.64. The number of nitrogens with two attached hydrogens (primary N) is 1. The Morgan fingerprint density at radius 2 is 1.53 bits per heavy atom. The Kier molecular flexibility index (Phi) is 5.32. The normalized spacial score (nSPS) is 12.4. The molecule has 2 rings (SSSR count). The lowest BCUT2D eigenvalue weighted by Crippen LogP contribution is -2.21. The van der Waals surface area contributed by atoms with Gasteiger partial charge in [0.2, 0.25) is 0 Å². The van der Waals surface area contributed by atoms with Gasteiger partial charge >= 0.3 is 0 Å². The second kappa shape index (κ2) is 6.99. The van der Waals surface area contributed by atoms with E-state index < -0.39 is 0 Å². The maximum absolute atomic E-state index is 5.96. The van der Waals surface area contributed by atoms with Crippen LogP contribution in [-0.2, 0) is 6.42 Å². The van der Waals surface area contributed by atoms with Gasteiger partial charge in [0.15, 0.2) is 0 Å². The number of hydrogen-bond acceptors (Lipinski definition) is 2. The quantitative estimate of drug-likeness (QED) is 0.858. The van der Waals surface area contributed by atoms with Gasteiger partial charge < -0.3 is 5.73 Å². The molecule has 1 unspecified atom stereocenters. The van der Waals surface area contributed by atoms with E-state index >= 15 is 0 Å². The summed E-state index contributed by atoms with van der Waals surface area (Å²) in [6, 6.07) is 16.8. The summed E-state index contributed by atoms with van der Waals surface area (Å²) in [6.07, 6.45) is 1.96. The average Bonchev–Trinajstić information content (AvgIpc) is 2.43. The molecule has 1 nitrogen and oxygen atoms in total. The van der Waals surface area contributed by atoms with Crippen LogP contribution in [0, 0.1) is 0 Å². The van der Waals surface area contributed by atoms with E-state index in [4.69, 9.17) is 17.3 Å². The second-order valence-corrected chi connectivity index (χ2v) is 6.16. The van der Waals surface area contributed by atoms with Crippen LogP contribution in [0.2, 0.25) is 5.02 Å². The Labute approximate surface area is 124 Å². The molecule has 0 aliphatic rings. The summed E-state index contributed by atoms with van der Waals surface area (Å²) in [5.41, 5.74) is 7.26. The molecule has 0 heterocycles. The molecule has 19 heavy (non-hydrogen) atoms. The minimum Gasteiger partial charge on any atom is -0.327 e. The Morgan fingerprint density at radius 3 is 2.05 bits per heavy atom. The topological polar surface area (TPSA) is 26.0 Å². The van der Waals surface area contributed by atoms with E-state index in [1.54, 1.807) is 11.8 Å². The number of rotatable bonds is 5. The molecule has 2 aromatic carbocycles. The summed E-state index contributed by atoms with van der Waals surface area (Å²) in [4.78, 5) is 2.43. The third kappa shape index (κ3) is 4.57. The fraction of sp³-hybridized carbons (Fsp3) is 0.250. The second-order valence-electron chi connectivity index (χ2n) is 4.57. The van der Waals surface area contributed by atoms with E-state index in [-0.39, 0.29) is 6.04 Å². The zero-order valence-corrected chi connectivity index (χ0v) is 12.5. The highest BCUT2D eigenvalue weighted by Crippen LogP contribution is 2.28. The van der Waals surface area contributed by atoms with Crippen molar-refractivity contribution in [2.24, 2.45) is 5.73 Å². The van der Waals surface area contributed by atoms with Crippen LogP contribution < -0.4 is 5.73 Å². The van der Waals surface area contributed by atoms with Crippen molar-refractivity contribution in [3.8, 4) is 0 Å². The molecule has 0 aliphatic heterocycles. The van der Waals surface area contributed by atoms with E-state index in [1.165, 1.54) is 15.4 Å². The molecular weight excluding hydrogens is 274 g/mol. The van der Waals surface area contributed by atoms with Crippen molar-refractivity contribution in [1.82, 2.24) is 0 Å². The molecule has 2 aromatic rings. The van der Waals surface area contributed by atoms with Gasteiger partial charge in [0, 0.05) is 20.9 Å². The summed E-state index contributed by atoms with van der Waals surface area (Å²) < 4.78 is 0. The summed E-state index contributed by atoms with van der Waals surface area (Å²) in [7, 11) is 0. The molecule has 0 radical (unpaired) electrons. The van der Waals surface area contributed by atoms with Crippen molar-refractivity contribution < 1.29 is 0 Å². The highest BCUT2D eigenvalue weighted by atomic mass is 35.5. The fourth-order valence-electron chi connectivity index (χ4n) is 1.78. The fourth-order valence-corrected chi connectivity index (χ4v) is 2.72. The van der Waals surface area contributed by atoms with Crippen molar-refractivity contribution >= 4 is 23.4 Å². The Morgan fingerprint density at radius 1 is 1.00 bits per heavy atom. The van der Waals surface area contributed by atoms with Crippen molar-refractivity contribution in [3.63, 3.8) is 0 Å². The molecule has 100 valence electrons. The third-order valence-corrected chi connectivity index (χ3v) is 4.26. The number of hydrogen-bond donors (Lipinski definition) is 1. The third-order valence-electron chi connectivity index (χ3n) is 2.99. The van der Waals surface area contributed by atoms with Crippen LogP contribution in [0.15, 0.2) is 58.3 Å². The van der Waals surface area contributed by atoms with Gasteiger partial charge in [-0.25, -0.2) is 0 Å². The molecule has 0 bridgehead atoms. The van der Waals surface area contributed by atoms with Gasteiger partial charge in [-0.2, -0.15) is 0 Å². The largest absolute Gasteiger partial charge is 0.327 e. The molecule has 1 atom stereocenters. The van der Waals surface area contributed by atoms with Gasteiger partial charge in [0.25, 0.3) is 0 Å². The predicted octanol–water partition coefficient (Wildman–Crippen LogP) is 4.77. The van der Waals surface area contributed by atoms with Crippen molar-refractivity contribution in [1.29, 1.82) is 0 Å². The molecule has 0 aliphatic carbocycles. The maximum Gasteiger partial charge on any atom is 0.0406 e. The lowest BCUT2D eigenvalue weighted by atomic mass is 10.1. The highest BCUT2D eigenvalue weighted by molar-refractivity contribution is 7.99. The average molecular weight is 292 g/mol. The van der Waals surface area contributed by atoms with Crippen LogP contribution in [0.4, 0.5) is 0 Å². The Hall–Kier alpha value is -0.960. The SMILES string of the molecule is CCC(N)Cc1ccc(Sc2ccc(Cl)cc2)cc1. The molecule has 0 saturated carbocycles. The summed E-state index contributed by atoms with van der Waals surface area (Å²) >= 11 is 7.62. The van der Waals surface area contributed by atoms with Gasteiger partial charge in [-0.05, 0) is 54.8 Å².